The van der Waals surface area contributed by atoms with Gasteiger partial charge >= 0.3 is 0 Å². The topological polar surface area (TPSA) is 26.0 Å². The molecule has 3 atom stereocenters. The van der Waals surface area contributed by atoms with Crippen molar-refractivity contribution in [3.8, 4) is 0 Å². The van der Waals surface area contributed by atoms with Crippen molar-refractivity contribution >= 4 is 0 Å². The molecule has 2 N–H and O–H groups in total. The molecule has 1 rings (SSSR count). The van der Waals surface area contributed by atoms with Crippen molar-refractivity contribution in [1.82, 2.24) is 0 Å². The lowest BCUT2D eigenvalue weighted by molar-refractivity contribution is 0.207. The van der Waals surface area contributed by atoms with Crippen LogP contribution in [-0.4, -0.2) is 6.04 Å². The van der Waals surface area contributed by atoms with Gasteiger partial charge in [-0.2, -0.15) is 0 Å². The van der Waals surface area contributed by atoms with Crippen molar-refractivity contribution in [2.45, 2.75) is 52.0 Å². The zero-order chi connectivity index (χ0) is 8.27. The molecule has 0 bridgehead atoms. The van der Waals surface area contributed by atoms with Crippen LogP contribution in [0, 0.1) is 11.8 Å². The molecule has 1 saturated carbocycles. The Morgan fingerprint density at radius 2 is 2.18 bits per heavy atom. The van der Waals surface area contributed by atoms with Crippen LogP contribution in [0.25, 0.3) is 0 Å². The predicted molar refractivity (Wildman–Crippen MR) is 49.4 cm³/mol. The molecule has 1 fully saturated rings. The lowest BCUT2D eigenvalue weighted by Gasteiger charge is -2.35. The van der Waals surface area contributed by atoms with E-state index in [9.17, 15) is 0 Å². The Bertz CT molecular complexity index is 111. The molecular formula is C10H21N. The quantitative estimate of drug-likeness (QED) is 0.663. The van der Waals surface area contributed by atoms with E-state index >= 15 is 0 Å². The van der Waals surface area contributed by atoms with E-state index in [-0.39, 0.29) is 0 Å². The Kier molecular flexibility index (Phi) is 3.38. The Morgan fingerprint density at radius 3 is 2.55 bits per heavy atom. The summed E-state index contributed by atoms with van der Waals surface area (Å²) in [7, 11) is 0. The van der Waals surface area contributed by atoms with E-state index in [1.165, 1.54) is 32.1 Å². The van der Waals surface area contributed by atoms with E-state index in [1.54, 1.807) is 0 Å². The molecule has 11 heavy (non-hydrogen) atoms. The molecule has 0 aliphatic heterocycles. The standard InChI is InChI=1S/C10H21N/c1-3-4-8(2)7-9-5-6-10(9)11/h8-10H,3-7,11H2,1-2H3. The van der Waals surface area contributed by atoms with Crippen LogP contribution < -0.4 is 5.73 Å². The minimum atomic E-state index is 0.536. The van der Waals surface area contributed by atoms with Gasteiger partial charge in [0.05, 0.1) is 0 Å². The summed E-state index contributed by atoms with van der Waals surface area (Å²) in [5, 5.41) is 0. The van der Waals surface area contributed by atoms with Crippen LogP contribution >= 0.6 is 0 Å². The van der Waals surface area contributed by atoms with Crippen molar-refractivity contribution < 1.29 is 0 Å². The monoisotopic (exact) mass is 155 g/mol. The van der Waals surface area contributed by atoms with E-state index in [1.807, 2.05) is 0 Å². The second-order valence-electron chi connectivity index (χ2n) is 4.13. The molecular weight excluding hydrogens is 134 g/mol. The Balaban J connectivity index is 2.09. The number of rotatable bonds is 4. The molecule has 3 unspecified atom stereocenters. The highest BCUT2D eigenvalue weighted by Crippen LogP contribution is 2.32. The van der Waals surface area contributed by atoms with Gasteiger partial charge in [0, 0.05) is 6.04 Å². The molecule has 1 heteroatoms. The van der Waals surface area contributed by atoms with Gasteiger partial charge in [-0.05, 0) is 31.1 Å². The summed E-state index contributed by atoms with van der Waals surface area (Å²) in [5.41, 5.74) is 5.87. The van der Waals surface area contributed by atoms with Gasteiger partial charge in [-0.3, -0.25) is 0 Å². The molecule has 0 amide bonds. The van der Waals surface area contributed by atoms with Crippen LogP contribution in [0.3, 0.4) is 0 Å². The van der Waals surface area contributed by atoms with Gasteiger partial charge in [0.1, 0.15) is 0 Å². The van der Waals surface area contributed by atoms with Crippen LogP contribution in [0.2, 0.25) is 0 Å². The molecule has 66 valence electrons. The van der Waals surface area contributed by atoms with Gasteiger partial charge in [-0.25, -0.2) is 0 Å². The van der Waals surface area contributed by atoms with E-state index < -0.39 is 0 Å². The smallest absolute Gasteiger partial charge is 0.00673 e. The maximum absolute atomic E-state index is 5.87. The van der Waals surface area contributed by atoms with E-state index in [4.69, 9.17) is 5.73 Å². The maximum Gasteiger partial charge on any atom is 0.00673 e. The fraction of sp³-hybridized carbons (Fsp3) is 1.00. The summed E-state index contributed by atoms with van der Waals surface area (Å²) in [5.74, 6) is 1.76. The average molecular weight is 155 g/mol. The van der Waals surface area contributed by atoms with Crippen LogP contribution in [0.5, 0.6) is 0 Å². The third kappa shape index (κ3) is 2.48. The number of hydrogen-bond donors (Lipinski definition) is 1. The van der Waals surface area contributed by atoms with Crippen molar-refractivity contribution in [3.63, 3.8) is 0 Å². The summed E-state index contributed by atoms with van der Waals surface area (Å²) in [6.07, 6.45) is 6.72. The number of hydrogen-bond acceptors (Lipinski definition) is 1. The molecule has 0 saturated heterocycles. The fourth-order valence-electron chi connectivity index (χ4n) is 2.01. The summed E-state index contributed by atoms with van der Waals surface area (Å²) in [6, 6.07) is 0.536. The summed E-state index contributed by atoms with van der Waals surface area (Å²) in [4.78, 5) is 0. The minimum Gasteiger partial charge on any atom is -0.327 e. The molecule has 0 radical (unpaired) electrons. The zero-order valence-electron chi connectivity index (χ0n) is 7.84. The summed E-state index contributed by atoms with van der Waals surface area (Å²) < 4.78 is 0. The SMILES string of the molecule is CCCC(C)CC1CCC1N. The molecule has 0 spiro atoms. The van der Waals surface area contributed by atoms with Gasteiger partial charge in [-0.15, -0.1) is 0 Å². The largest absolute Gasteiger partial charge is 0.327 e. The highest BCUT2D eigenvalue weighted by Gasteiger charge is 2.27. The van der Waals surface area contributed by atoms with E-state index in [0.717, 1.165) is 11.8 Å². The summed E-state index contributed by atoms with van der Waals surface area (Å²) >= 11 is 0. The van der Waals surface area contributed by atoms with E-state index in [0.29, 0.717) is 6.04 Å². The molecule has 0 aromatic rings. The molecule has 0 heterocycles. The predicted octanol–water partition coefficient (Wildman–Crippen LogP) is 2.55. The average Bonchev–Trinajstić information content (AvgIpc) is 1.98. The first-order chi connectivity index (χ1) is 5.24. The van der Waals surface area contributed by atoms with Gasteiger partial charge < -0.3 is 5.73 Å². The second kappa shape index (κ2) is 4.10. The van der Waals surface area contributed by atoms with Crippen LogP contribution in [0.4, 0.5) is 0 Å². The second-order valence-corrected chi connectivity index (χ2v) is 4.13. The Hall–Kier alpha value is -0.0400. The highest BCUT2D eigenvalue weighted by atomic mass is 14.7. The molecule has 1 aliphatic rings. The summed E-state index contributed by atoms with van der Waals surface area (Å²) in [6.45, 7) is 4.62. The molecule has 0 aromatic carbocycles. The maximum atomic E-state index is 5.87. The Labute approximate surface area is 70.4 Å². The third-order valence-electron chi connectivity index (χ3n) is 2.96. The molecule has 0 aromatic heterocycles. The van der Waals surface area contributed by atoms with Crippen molar-refractivity contribution in [2.75, 3.05) is 0 Å². The lowest BCUT2D eigenvalue weighted by atomic mass is 9.74. The van der Waals surface area contributed by atoms with Crippen LogP contribution in [0.15, 0.2) is 0 Å². The minimum absolute atomic E-state index is 0.536. The van der Waals surface area contributed by atoms with Gasteiger partial charge in [-0.1, -0.05) is 26.7 Å². The Morgan fingerprint density at radius 1 is 1.45 bits per heavy atom. The van der Waals surface area contributed by atoms with E-state index in [2.05, 4.69) is 13.8 Å². The first-order valence-electron chi connectivity index (χ1n) is 4.99. The normalized spacial score (nSPS) is 33.0. The van der Waals surface area contributed by atoms with Gasteiger partial charge in [0.15, 0.2) is 0 Å². The highest BCUT2D eigenvalue weighted by molar-refractivity contribution is 4.84. The van der Waals surface area contributed by atoms with Gasteiger partial charge in [0.2, 0.25) is 0 Å². The fourth-order valence-corrected chi connectivity index (χ4v) is 2.01. The lowest BCUT2D eigenvalue weighted by Crippen LogP contribution is -2.40. The molecule has 1 nitrogen and oxygen atoms in total. The third-order valence-corrected chi connectivity index (χ3v) is 2.96. The van der Waals surface area contributed by atoms with Crippen LogP contribution in [-0.2, 0) is 0 Å². The molecule has 1 aliphatic carbocycles. The first kappa shape index (κ1) is 9.05. The van der Waals surface area contributed by atoms with Crippen molar-refractivity contribution in [1.29, 1.82) is 0 Å². The number of nitrogens with two attached hydrogens (primary N) is 1. The zero-order valence-corrected chi connectivity index (χ0v) is 7.84. The first-order valence-corrected chi connectivity index (χ1v) is 4.99. The van der Waals surface area contributed by atoms with Gasteiger partial charge in [0.25, 0.3) is 0 Å². The van der Waals surface area contributed by atoms with Crippen LogP contribution in [0.1, 0.15) is 46.0 Å². The van der Waals surface area contributed by atoms with Crippen molar-refractivity contribution in [2.24, 2.45) is 17.6 Å². The van der Waals surface area contributed by atoms with Crippen molar-refractivity contribution in [3.05, 3.63) is 0 Å².